The monoisotopic (exact) mass is 367 g/mol. The van der Waals surface area contributed by atoms with Gasteiger partial charge < -0.3 is 15.8 Å². The Hall–Kier alpha value is -2.37. The summed E-state index contributed by atoms with van der Waals surface area (Å²) in [6, 6.07) is 15.5. The van der Waals surface area contributed by atoms with E-state index < -0.39 is 0 Å². The number of aryl methyl sites for hydroxylation is 1. The number of amides is 1. The lowest BCUT2D eigenvalue weighted by Crippen LogP contribution is -2.53. The van der Waals surface area contributed by atoms with E-state index in [1.807, 2.05) is 55.5 Å². The molecular weight excluding hydrogens is 338 g/mol. The van der Waals surface area contributed by atoms with Crippen molar-refractivity contribution in [3.63, 3.8) is 0 Å². The van der Waals surface area contributed by atoms with E-state index in [2.05, 4.69) is 24.1 Å². The molecule has 1 amide bonds. The minimum atomic E-state index is -0.0405. The number of carbonyl (C=O) groups is 1. The van der Waals surface area contributed by atoms with Crippen LogP contribution in [0.1, 0.15) is 25.8 Å². The number of ether oxygens (including phenoxy) is 1. The number of carbonyl (C=O) groups excluding carboxylic acids is 1. The fourth-order valence-electron chi connectivity index (χ4n) is 3.40. The van der Waals surface area contributed by atoms with Gasteiger partial charge in [0.1, 0.15) is 5.75 Å². The maximum absolute atomic E-state index is 12.6. The molecule has 27 heavy (non-hydrogen) atoms. The molecule has 1 fully saturated rings. The molecule has 0 radical (unpaired) electrons. The van der Waals surface area contributed by atoms with E-state index in [9.17, 15) is 4.79 Å². The Morgan fingerprint density at radius 1 is 1.22 bits per heavy atom. The lowest BCUT2D eigenvalue weighted by Gasteiger charge is -2.42. The number of hydrogen-bond donors (Lipinski definition) is 2. The molecule has 0 bridgehead atoms. The highest BCUT2D eigenvalue weighted by atomic mass is 16.5. The molecule has 1 unspecified atom stereocenters. The van der Waals surface area contributed by atoms with E-state index in [4.69, 9.17) is 10.5 Å². The minimum absolute atomic E-state index is 0.0188. The minimum Gasteiger partial charge on any atom is -0.455 e. The van der Waals surface area contributed by atoms with Crippen molar-refractivity contribution >= 4 is 11.6 Å². The van der Waals surface area contributed by atoms with Gasteiger partial charge in [-0.3, -0.25) is 9.69 Å². The molecule has 1 heterocycles. The van der Waals surface area contributed by atoms with Crippen molar-refractivity contribution in [2.75, 3.05) is 25.0 Å². The van der Waals surface area contributed by atoms with Crippen molar-refractivity contribution in [1.82, 2.24) is 4.90 Å². The topological polar surface area (TPSA) is 67.6 Å². The first-order chi connectivity index (χ1) is 12.8. The molecule has 2 aromatic carbocycles. The summed E-state index contributed by atoms with van der Waals surface area (Å²) in [6.45, 7) is 8.38. The Balaban J connectivity index is 1.63. The first kappa shape index (κ1) is 19.4. The largest absolute Gasteiger partial charge is 0.455 e. The number of rotatable bonds is 5. The summed E-state index contributed by atoms with van der Waals surface area (Å²) in [5.74, 6) is 1.34. The quantitative estimate of drug-likeness (QED) is 0.844. The zero-order chi connectivity index (χ0) is 19.4. The summed E-state index contributed by atoms with van der Waals surface area (Å²) in [7, 11) is 0. The summed E-state index contributed by atoms with van der Waals surface area (Å²) in [4.78, 5) is 14.8. The van der Waals surface area contributed by atoms with Crippen LogP contribution in [0.2, 0.25) is 0 Å². The maximum Gasteiger partial charge on any atom is 0.238 e. The van der Waals surface area contributed by atoms with Gasteiger partial charge in [0, 0.05) is 19.1 Å². The fourth-order valence-corrected chi connectivity index (χ4v) is 3.40. The van der Waals surface area contributed by atoms with Crippen molar-refractivity contribution in [1.29, 1.82) is 0 Å². The first-order valence-corrected chi connectivity index (χ1v) is 9.45. The highest BCUT2D eigenvalue weighted by molar-refractivity contribution is 5.93. The van der Waals surface area contributed by atoms with Crippen molar-refractivity contribution in [3.8, 4) is 11.5 Å². The van der Waals surface area contributed by atoms with Gasteiger partial charge in [-0.05, 0) is 43.0 Å². The van der Waals surface area contributed by atoms with E-state index in [0.29, 0.717) is 18.0 Å². The molecule has 144 valence electrons. The second-order valence-corrected chi connectivity index (χ2v) is 8.05. The Morgan fingerprint density at radius 3 is 2.63 bits per heavy atom. The zero-order valence-corrected chi connectivity index (χ0v) is 16.4. The number of nitrogens with two attached hydrogens (primary N) is 1. The summed E-state index contributed by atoms with van der Waals surface area (Å²) < 4.78 is 5.96. The summed E-state index contributed by atoms with van der Waals surface area (Å²) >= 11 is 0. The normalized spacial score (nSPS) is 19.5. The first-order valence-electron chi connectivity index (χ1n) is 9.45. The second-order valence-electron chi connectivity index (χ2n) is 8.05. The highest BCUT2D eigenvalue weighted by Gasteiger charge is 2.33. The molecule has 5 nitrogen and oxygen atoms in total. The van der Waals surface area contributed by atoms with Gasteiger partial charge in [-0.1, -0.05) is 43.7 Å². The predicted octanol–water partition coefficient (Wildman–Crippen LogP) is 3.79. The number of para-hydroxylation sites is 2. The average molecular weight is 367 g/mol. The van der Waals surface area contributed by atoms with Crippen LogP contribution in [0.4, 0.5) is 5.69 Å². The van der Waals surface area contributed by atoms with Crippen LogP contribution in [-0.2, 0) is 4.79 Å². The molecular formula is C22H29N3O2. The van der Waals surface area contributed by atoms with E-state index in [1.54, 1.807) is 0 Å². The van der Waals surface area contributed by atoms with E-state index in [0.717, 1.165) is 25.3 Å². The van der Waals surface area contributed by atoms with Crippen LogP contribution in [-0.4, -0.2) is 36.5 Å². The molecule has 1 aliphatic rings. The van der Waals surface area contributed by atoms with Crippen molar-refractivity contribution < 1.29 is 9.53 Å². The van der Waals surface area contributed by atoms with Gasteiger partial charge in [-0.2, -0.15) is 0 Å². The number of benzene rings is 2. The molecule has 1 saturated heterocycles. The standard InChI is InChI=1S/C22H29N3O2/c1-16-8-10-17(11-9-16)27-19-7-5-4-6-18(19)24-21(26)14-25-13-12-20(23)22(2,3)15-25/h4-11,20H,12-15,23H2,1-3H3,(H,24,26). The number of piperidine rings is 1. The Bertz CT molecular complexity index is 786. The van der Waals surface area contributed by atoms with Gasteiger partial charge in [0.25, 0.3) is 0 Å². The van der Waals surface area contributed by atoms with Crippen molar-refractivity contribution in [2.45, 2.75) is 33.2 Å². The molecule has 3 rings (SSSR count). The highest BCUT2D eigenvalue weighted by Crippen LogP contribution is 2.30. The van der Waals surface area contributed by atoms with Crippen LogP contribution in [0.3, 0.4) is 0 Å². The van der Waals surface area contributed by atoms with Crippen molar-refractivity contribution in [3.05, 3.63) is 54.1 Å². The Kier molecular flexibility index (Phi) is 5.82. The van der Waals surface area contributed by atoms with Crippen LogP contribution in [0.5, 0.6) is 11.5 Å². The van der Waals surface area contributed by atoms with E-state index in [1.165, 1.54) is 5.56 Å². The van der Waals surface area contributed by atoms with E-state index >= 15 is 0 Å². The third-order valence-electron chi connectivity index (χ3n) is 5.17. The van der Waals surface area contributed by atoms with Gasteiger partial charge >= 0.3 is 0 Å². The summed E-state index contributed by atoms with van der Waals surface area (Å²) in [5, 5.41) is 2.99. The SMILES string of the molecule is Cc1ccc(Oc2ccccc2NC(=O)CN2CCC(N)C(C)(C)C2)cc1. The van der Waals surface area contributed by atoms with Crippen LogP contribution in [0.15, 0.2) is 48.5 Å². The maximum atomic E-state index is 12.6. The molecule has 0 spiro atoms. The van der Waals surface area contributed by atoms with Crippen LogP contribution >= 0.6 is 0 Å². The van der Waals surface area contributed by atoms with E-state index in [-0.39, 0.29) is 17.4 Å². The number of likely N-dealkylation sites (tertiary alicyclic amines) is 1. The number of nitrogens with one attached hydrogen (secondary N) is 1. The zero-order valence-electron chi connectivity index (χ0n) is 16.4. The number of hydrogen-bond acceptors (Lipinski definition) is 4. The van der Waals surface area contributed by atoms with Gasteiger partial charge in [0.05, 0.1) is 12.2 Å². The van der Waals surface area contributed by atoms with Gasteiger partial charge in [-0.25, -0.2) is 0 Å². The third kappa shape index (κ3) is 5.08. The second kappa shape index (κ2) is 8.11. The predicted molar refractivity (Wildman–Crippen MR) is 109 cm³/mol. The fraction of sp³-hybridized carbons (Fsp3) is 0.409. The molecule has 3 N–H and O–H groups in total. The summed E-state index contributed by atoms with van der Waals surface area (Å²) in [5.41, 5.74) is 8.06. The van der Waals surface area contributed by atoms with Crippen molar-refractivity contribution in [2.24, 2.45) is 11.1 Å². The van der Waals surface area contributed by atoms with Gasteiger partial charge in [0.2, 0.25) is 5.91 Å². The smallest absolute Gasteiger partial charge is 0.238 e. The molecule has 0 saturated carbocycles. The molecule has 1 aliphatic heterocycles. The number of anilines is 1. The van der Waals surface area contributed by atoms with Gasteiger partial charge in [-0.15, -0.1) is 0 Å². The molecule has 0 aromatic heterocycles. The lowest BCUT2D eigenvalue weighted by atomic mass is 9.80. The number of nitrogens with zero attached hydrogens (tertiary/aromatic N) is 1. The molecule has 5 heteroatoms. The average Bonchev–Trinajstić information content (AvgIpc) is 2.61. The third-order valence-corrected chi connectivity index (χ3v) is 5.17. The van der Waals surface area contributed by atoms with Crippen LogP contribution < -0.4 is 15.8 Å². The van der Waals surface area contributed by atoms with Crippen LogP contribution in [0.25, 0.3) is 0 Å². The summed E-state index contributed by atoms with van der Waals surface area (Å²) in [6.07, 6.45) is 0.910. The van der Waals surface area contributed by atoms with Crippen LogP contribution in [0, 0.1) is 12.3 Å². The lowest BCUT2D eigenvalue weighted by molar-refractivity contribution is -0.118. The molecule has 1 atom stereocenters. The molecule has 0 aliphatic carbocycles. The molecule has 2 aromatic rings. The Morgan fingerprint density at radius 2 is 1.93 bits per heavy atom. The Labute approximate surface area is 161 Å². The van der Waals surface area contributed by atoms with Gasteiger partial charge in [0.15, 0.2) is 5.75 Å².